The fourth-order valence-electron chi connectivity index (χ4n) is 3.01. The van der Waals surface area contributed by atoms with Crippen LogP contribution in [0.25, 0.3) is 11.4 Å². The molecule has 2 aromatic heterocycles. The second-order valence-corrected chi connectivity index (χ2v) is 6.28. The molecule has 0 saturated carbocycles. The van der Waals surface area contributed by atoms with E-state index in [1.807, 2.05) is 42.7 Å². The summed E-state index contributed by atoms with van der Waals surface area (Å²) in [5.41, 5.74) is 5.34. The molecular weight excluding hydrogens is 274 g/mol. The largest absolute Gasteiger partial charge is 0.324 e. The number of nitrogens with one attached hydrogen (secondary N) is 2. The maximum atomic E-state index is 4.69. The smallest absolute Gasteiger partial charge is 0.227 e. The van der Waals surface area contributed by atoms with Crippen molar-refractivity contribution in [2.45, 2.75) is 25.7 Å². The van der Waals surface area contributed by atoms with Crippen LogP contribution in [-0.4, -0.2) is 20.2 Å². The highest BCUT2D eigenvalue weighted by Crippen LogP contribution is 2.40. The van der Waals surface area contributed by atoms with Crippen LogP contribution >= 0.6 is 0 Å². The average Bonchev–Trinajstić information content (AvgIpc) is 3.00. The van der Waals surface area contributed by atoms with Gasteiger partial charge in [0.05, 0.1) is 17.6 Å². The SMILES string of the molecule is CC1(C)Cc2cnc(Nc3ccccc3)nc2-c2[nH]ncc21. The van der Waals surface area contributed by atoms with Gasteiger partial charge in [0.1, 0.15) is 0 Å². The molecule has 0 spiro atoms. The molecule has 5 nitrogen and oxygen atoms in total. The number of hydrogen-bond acceptors (Lipinski definition) is 4. The topological polar surface area (TPSA) is 66.5 Å². The van der Waals surface area contributed by atoms with Crippen molar-refractivity contribution in [1.29, 1.82) is 0 Å². The highest BCUT2D eigenvalue weighted by atomic mass is 15.1. The van der Waals surface area contributed by atoms with Crippen LogP contribution in [0.2, 0.25) is 0 Å². The van der Waals surface area contributed by atoms with E-state index in [-0.39, 0.29) is 5.41 Å². The summed E-state index contributed by atoms with van der Waals surface area (Å²) < 4.78 is 0. The molecule has 0 bridgehead atoms. The molecule has 0 aliphatic heterocycles. The summed E-state index contributed by atoms with van der Waals surface area (Å²) >= 11 is 0. The highest BCUT2D eigenvalue weighted by Gasteiger charge is 2.33. The Morgan fingerprint density at radius 3 is 2.77 bits per heavy atom. The number of rotatable bonds is 2. The lowest BCUT2D eigenvalue weighted by Crippen LogP contribution is -2.25. The third-order valence-corrected chi connectivity index (χ3v) is 4.13. The molecular formula is C17H17N5. The third kappa shape index (κ3) is 2.06. The third-order valence-electron chi connectivity index (χ3n) is 4.13. The van der Waals surface area contributed by atoms with Crippen molar-refractivity contribution in [3.05, 3.63) is 53.9 Å². The predicted octanol–water partition coefficient (Wildman–Crippen LogP) is 3.44. The van der Waals surface area contributed by atoms with Gasteiger partial charge in [-0.25, -0.2) is 9.97 Å². The quantitative estimate of drug-likeness (QED) is 0.759. The number of hydrogen-bond donors (Lipinski definition) is 2. The fraction of sp³-hybridized carbons (Fsp3) is 0.235. The van der Waals surface area contributed by atoms with E-state index in [1.165, 1.54) is 5.56 Å². The van der Waals surface area contributed by atoms with Gasteiger partial charge in [-0.3, -0.25) is 5.10 Å². The highest BCUT2D eigenvalue weighted by molar-refractivity contribution is 5.69. The standard InChI is InChI=1S/C17H17N5/c1-17(2)8-11-9-18-16(20-12-6-4-3-5-7-12)21-14(11)15-13(17)10-19-22-15/h3-7,9-10H,8H2,1-2H3,(H,19,22)(H,18,20,21). The molecule has 0 radical (unpaired) electrons. The first-order chi connectivity index (χ1) is 10.6. The van der Waals surface area contributed by atoms with Crippen LogP contribution in [0.1, 0.15) is 25.0 Å². The summed E-state index contributed by atoms with van der Waals surface area (Å²) in [6, 6.07) is 9.94. The summed E-state index contributed by atoms with van der Waals surface area (Å²) in [7, 11) is 0. The lowest BCUT2D eigenvalue weighted by molar-refractivity contribution is 0.515. The van der Waals surface area contributed by atoms with Gasteiger partial charge >= 0.3 is 0 Å². The Labute approximate surface area is 128 Å². The first-order valence-electron chi connectivity index (χ1n) is 7.36. The van der Waals surface area contributed by atoms with Crippen molar-refractivity contribution >= 4 is 11.6 Å². The van der Waals surface area contributed by atoms with Gasteiger partial charge in [0.2, 0.25) is 5.95 Å². The lowest BCUT2D eigenvalue weighted by Gasteiger charge is -2.30. The monoisotopic (exact) mass is 291 g/mol. The summed E-state index contributed by atoms with van der Waals surface area (Å²) in [5.74, 6) is 0.602. The van der Waals surface area contributed by atoms with E-state index in [0.29, 0.717) is 5.95 Å². The van der Waals surface area contributed by atoms with E-state index in [4.69, 9.17) is 4.98 Å². The van der Waals surface area contributed by atoms with Crippen LogP contribution in [-0.2, 0) is 11.8 Å². The molecule has 110 valence electrons. The lowest BCUT2D eigenvalue weighted by atomic mass is 9.75. The number of anilines is 2. The minimum absolute atomic E-state index is 0.0487. The number of H-pyrrole nitrogens is 1. The van der Waals surface area contributed by atoms with E-state index in [1.54, 1.807) is 0 Å². The van der Waals surface area contributed by atoms with Crippen molar-refractivity contribution in [3.63, 3.8) is 0 Å². The number of fused-ring (bicyclic) bond motifs is 3. The molecule has 2 N–H and O–H groups in total. The Hall–Kier alpha value is -2.69. The van der Waals surface area contributed by atoms with Gasteiger partial charge in [-0.1, -0.05) is 32.0 Å². The van der Waals surface area contributed by atoms with Crippen molar-refractivity contribution in [2.24, 2.45) is 0 Å². The number of nitrogens with zero attached hydrogens (tertiary/aromatic N) is 3. The Morgan fingerprint density at radius 2 is 1.95 bits per heavy atom. The number of aromatic nitrogens is 4. The molecule has 3 aromatic rings. The van der Waals surface area contributed by atoms with Crippen LogP contribution in [0.3, 0.4) is 0 Å². The predicted molar refractivity (Wildman–Crippen MR) is 86.1 cm³/mol. The number of benzene rings is 1. The van der Waals surface area contributed by atoms with Crippen LogP contribution in [0.4, 0.5) is 11.6 Å². The zero-order valence-corrected chi connectivity index (χ0v) is 12.6. The molecule has 0 amide bonds. The zero-order chi connectivity index (χ0) is 15.2. The van der Waals surface area contributed by atoms with Gasteiger partial charge in [-0.15, -0.1) is 0 Å². The minimum Gasteiger partial charge on any atom is -0.324 e. The molecule has 0 atom stereocenters. The summed E-state index contributed by atoms with van der Waals surface area (Å²) in [6.45, 7) is 4.45. The Balaban J connectivity index is 1.76. The molecule has 5 heteroatoms. The summed E-state index contributed by atoms with van der Waals surface area (Å²) in [6.07, 6.45) is 4.74. The van der Waals surface area contributed by atoms with Gasteiger partial charge < -0.3 is 5.32 Å². The molecule has 2 heterocycles. The van der Waals surface area contributed by atoms with Gasteiger partial charge in [-0.05, 0) is 29.5 Å². The van der Waals surface area contributed by atoms with E-state index in [9.17, 15) is 0 Å². The molecule has 0 saturated heterocycles. The van der Waals surface area contributed by atoms with Crippen LogP contribution in [0, 0.1) is 0 Å². The molecule has 4 rings (SSSR count). The molecule has 1 aromatic carbocycles. The second-order valence-electron chi connectivity index (χ2n) is 6.28. The second kappa shape index (κ2) is 4.66. The van der Waals surface area contributed by atoms with Gasteiger partial charge in [0.15, 0.2) is 0 Å². The van der Waals surface area contributed by atoms with E-state index in [2.05, 4.69) is 34.3 Å². The molecule has 0 fully saturated rings. The normalized spacial score (nSPS) is 15.0. The first-order valence-corrected chi connectivity index (χ1v) is 7.36. The average molecular weight is 291 g/mol. The fourth-order valence-corrected chi connectivity index (χ4v) is 3.01. The van der Waals surface area contributed by atoms with Crippen LogP contribution in [0.15, 0.2) is 42.7 Å². The van der Waals surface area contributed by atoms with E-state index < -0.39 is 0 Å². The number of aromatic amines is 1. The Morgan fingerprint density at radius 1 is 1.14 bits per heavy atom. The molecule has 1 aliphatic rings. The van der Waals surface area contributed by atoms with Gasteiger partial charge in [0.25, 0.3) is 0 Å². The zero-order valence-electron chi connectivity index (χ0n) is 12.6. The van der Waals surface area contributed by atoms with Crippen LogP contribution < -0.4 is 5.32 Å². The Bertz CT molecular complexity index is 820. The van der Waals surface area contributed by atoms with Crippen molar-refractivity contribution in [3.8, 4) is 11.4 Å². The first kappa shape index (κ1) is 13.0. The molecule has 1 aliphatic carbocycles. The minimum atomic E-state index is 0.0487. The Kier molecular flexibility index (Phi) is 2.76. The molecule has 0 unspecified atom stereocenters. The maximum Gasteiger partial charge on any atom is 0.227 e. The molecule has 22 heavy (non-hydrogen) atoms. The van der Waals surface area contributed by atoms with E-state index >= 15 is 0 Å². The van der Waals surface area contributed by atoms with Crippen molar-refractivity contribution in [1.82, 2.24) is 20.2 Å². The van der Waals surface area contributed by atoms with Crippen molar-refractivity contribution < 1.29 is 0 Å². The summed E-state index contributed by atoms with van der Waals surface area (Å²) in [5, 5.41) is 10.5. The van der Waals surface area contributed by atoms with E-state index in [0.717, 1.165) is 29.1 Å². The van der Waals surface area contributed by atoms with Gasteiger partial charge in [-0.2, -0.15) is 5.10 Å². The number of para-hydroxylation sites is 1. The van der Waals surface area contributed by atoms with Gasteiger partial charge in [0, 0.05) is 17.4 Å². The van der Waals surface area contributed by atoms with Crippen molar-refractivity contribution in [2.75, 3.05) is 5.32 Å². The van der Waals surface area contributed by atoms with Crippen LogP contribution in [0.5, 0.6) is 0 Å². The maximum absolute atomic E-state index is 4.69. The summed E-state index contributed by atoms with van der Waals surface area (Å²) in [4.78, 5) is 9.15.